The molecule has 2 rings (SSSR count). The highest BCUT2D eigenvalue weighted by atomic mass is 19.1. The number of hydrogen-bond acceptors (Lipinski definition) is 7. The maximum Gasteiger partial charge on any atom is 0.405 e. The molecule has 5 N–H and O–H groups in total. The summed E-state index contributed by atoms with van der Waals surface area (Å²) in [5.41, 5.74) is 6.60. The molecule has 0 saturated carbocycles. The summed E-state index contributed by atoms with van der Waals surface area (Å²) >= 11 is 0. The summed E-state index contributed by atoms with van der Waals surface area (Å²) in [6, 6.07) is 3.86. The Hall–Kier alpha value is -3.08. The molecule has 10 heteroatoms. The molecule has 38 heavy (non-hydrogen) atoms. The highest BCUT2D eigenvalue weighted by molar-refractivity contribution is 6.03. The highest BCUT2D eigenvalue weighted by Gasteiger charge is 2.31. The summed E-state index contributed by atoms with van der Waals surface area (Å²) in [4.78, 5) is 36.3. The molecule has 0 radical (unpaired) electrons. The molecule has 2 amide bonds. The fourth-order valence-corrected chi connectivity index (χ4v) is 4.75. The number of carbonyl (C=O) groups is 3. The van der Waals surface area contributed by atoms with Crippen LogP contribution in [0.3, 0.4) is 0 Å². The first-order valence-electron chi connectivity index (χ1n) is 12.6. The number of methoxy groups -OCH3 is 1. The van der Waals surface area contributed by atoms with Crippen LogP contribution >= 0.6 is 0 Å². The Bertz CT molecular complexity index is 1060. The van der Waals surface area contributed by atoms with E-state index in [1.54, 1.807) is 39.8 Å². The fourth-order valence-electron chi connectivity index (χ4n) is 4.75. The molecule has 1 aliphatic heterocycles. The van der Waals surface area contributed by atoms with Crippen LogP contribution in [0.15, 0.2) is 41.5 Å². The van der Waals surface area contributed by atoms with Crippen molar-refractivity contribution in [3.8, 4) is 0 Å². The number of aliphatic hydroxyl groups is 2. The molecule has 0 fully saturated rings. The van der Waals surface area contributed by atoms with Crippen molar-refractivity contribution >= 4 is 24.0 Å². The number of carbonyl (C=O) groups excluding carboxylic acids is 3. The number of rotatable bonds is 3. The average Bonchev–Trinajstić information content (AvgIpc) is 2.86. The van der Waals surface area contributed by atoms with Crippen LogP contribution in [0.5, 0.6) is 0 Å². The van der Waals surface area contributed by atoms with Gasteiger partial charge in [-0.15, -0.1) is 0 Å². The van der Waals surface area contributed by atoms with Crippen LogP contribution < -0.4 is 11.1 Å². The summed E-state index contributed by atoms with van der Waals surface area (Å²) in [5, 5.41) is 24.7. The van der Waals surface area contributed by atoms with Crippen molar-refractivity contribution in [2.45, 2.75) is 71.4 Å². The second kappa shape index (κ2) is 14.2. The Balaban J connectivity index is 2.53. The summed E-state index contributed by atoms with van der Waals surface area (Å²) in [6.07, 6.45) is -0.0150. The van der Waals surface area contributed by atoms with Gasteiger partial charge >= 0.3 is 6.09 Å². The van der Waals surface area contributed by atoms with Crippen LogP contribution in [0.2, 0.25) is 0 Å². The van der Waals surface area contributed by atoms with Gasteiger partial charge in [0.15, 0.2) is 0 Å². The normalized spacial score (nSPS) is 32.7. The summed E-state index contributed by atoms with van der Waals surface area (Å²) in [7, 11) is 1.44. The van der Waals surface area contributed by atoms with Crippen molar-refractivity contribution in [2.75, 3.05) is 12.4 Å². The number of fused-ring (bicyclic) bond motifs is 2. The molecule has 1 aromatic rings. The smallest absolute Gasteiger partial charge is 0.405 e. The molecule has 7 atom stereocenters. The van der Waals surface area contributed by atoms with Gasteiger partial charge in [0.2, 0.25) is 0 Å². The van der Waals surface area contributed by atoms with Crippen LogP contribution in [0.1, 0.15) is 58.6 Å². The molecule has 0 spiro atoms. The molecule has 1 aliphatic rings. The van der Waals surface area contributed by atoms with Crippen molar-refractivity contribution in [2.24, 2.45) is 23.5 Å². The van der Waals surface area contributed by atoms with Gasteiger partial charge in [0.05, 0.1) is 24.2 Å². The number of aldehydes is 1. The van der Waals surface area contributed by atoms with Gasteiger partial charge in [-0.3, -0.25) is 4.79 Å². The Morgan fingerprint density at radius 2 is 1.89 bits per heavy atom. The van der Waals surface area contributed by atoms with Gasteiger partial charge in [0.1, 0.15) is 18.2 Å². The molecule has 9 nitrogen and oxygen atoms in total. The SMILES string of the molecule is CO[C@H]1C[C@H](C)[C@@H](O)c2cc(F)cc(c2)NC(=O)/C(C)=C/CC[C@H](C=O)[C@@H](OC(N)=O)/C(C)=C/[C@H](C)[C@H]1O. The van der Waals surface area contributed by atoms with E-state index in [1.165, 1.54) is 19.2 Å². The Morgan fingerprint density at radius 1 is 1.21 bits per heavy atom. The van der Waals surface area contributed by atoms with E-state index in [1.807, 2.05) is 0 Å². The second-order valence-electron chi connectivity index (χ2n) is 10.0. The number of nitrogens with two attached hydrogens (primary N) is 1. The lowest BCUT2D eigenvalue weighted by atomic mass is 9.86. The van der Waals surface area contributed by atoms with Gasteiger partial charge in [-0.25, -0.2) is 9.18 Å². The number of aliphatic hydroxyl groups excluding tert-OH is 2. The molecular formula is C28H39FN2O7. The summed E-state index contributed by atoms with van der Waals surface area (Å²) in [5.74, 6) is -2.78. The van der Waals surface area contributed by atoms with E-state index < -0.39 is 60.0 Å². The van der Waals surface area contributed by atoms with Crippen molar-refractivity contribution in [3.63, 3.8) is 0 Å². The third-order valence-electron chi connectivity index (χ3n) is 6.97. The fraction of sp³-hybridized carbons (Fsp3) is 0.536. The number of amides is 2. The number of nitrogens with one attached hydrogen (secondary N) is 1. The first-order chi connectivity index (χ1) is 17.9. The third-order valence-corrected chi connectivity index (χ3v) is 6.97. The van der Waals surface area contributed by atoms with Crippen LogP contribution in [0.4, 0.5) is 14.9 Å². The first-order valence-corrected chi connectivity index (χ1v) is 12.6. The van der Waals surface area contributed by atoms with Crippen LogP contribution in [-0.2, 0) is 19.1 Å². The van der Waals surface area contributed by atoms with E-state index >= 15 is 0 Å². The van der Waals surface area contributed by atoms with E-state index in [-0.39, 0.29) is 24.1 Å². The average molecular weight is 535 g/mol. The minimum atomic E-state index is -1.10. The standard InChI is InChI=1S/C28H39FN2O7/c1-15-7-6-8-19(14-32)26(38-28(30)36)18(4)9-16(2)25(34)23(37-5)10-17(3)24(33)20-11-21(29)13-22(12-20)31-27(15)35/h7,9,11-14,16-17,19,23-26,33-34H,6,8,10H2,1-5H3,(H2,30,36)(H,31,35)/b15-7+,18-9+/t16-,17-,19+,23-,24+,25+,26-/m0/s1. The predicted octanol–water partition coefficient (Wildman–Crippen LogP) is 3.80. The highest BCUT2D eigenvalue weighted by Crippen LogP contribution is 2.31. The lowest BCUT2D eigenvalue weighted by Crippen LogP contribution is -2.36. The number of benzene rings is 1. The van der Waals surface area contributed by atoms with Gasteiger partial charge in [0.25, 0.3) is 5.91 Å². The van der Waals surface area contributed by atoms with Gasteiger partial charge in [-0.1, -0.05) is 26.0 Å². The van der Waals surface area contributed by atoms with Crippen LogP contribution in [0, 0.1) is 23.6 Å². The van der Waals surface area contributed by atoms with Crippen LogP contribution in [0.25, 0.3) is 0 Å². The predicted molar refractivity (Wildman–Crippen MR) is 140 cm³/mol. The van der Waals surface area contributed by atoms with E-state index in [0.717, 1.165) is 6.07 Å². The number of ether oxygens (including phenoxy) is 2. The molecule has 210 valence electrons. The van der Waals surface area contributed by atoms with E-state index in [9.17, 15) is 29.0 Å². The summed E-state index contributed by atoms with van der Waals surface area (Å²) < 4.78 is 25.2. The van der Waals surface area contributed by atoms with Crippen LogP contribution in [-0.4, -0.2) is 53.9 Å². The molecule has 2 bridgehead atoms. The number of allylic oxidation sites excluding steroid dienone is 1. The topological polar surface area (TPSA) is 148 Å². The summed E-state index contributed by atoms with van der Waals surface area (Å²) in [6.45, 7) is 6.77. The molecule has 0 aromatic heterocycles. The zero-order chi connectivity index (χ0) is 28.6. The molecule has 1 heterocycles. The molecule has 1 aromatic carbocycles. The maximum atomic E-state index is 14.4. The zero-order valence-electron chi connectivity index (χ0n) is 22.5. The van der Waals surface area contributed by atoms with E-state index in [4.69, 9.17) is 15.2 Å². The van der Waals surface area contributed by atoms with Gasteiger partial charge in [-0.05, 0) is 68.4 Å². The lowest BCUT2D eigenvalue weighted by Gasteiger charge is -2.30. The largest absolute Gasteiger partial charge is 0.441 e. The second-order valence-corrected chi connectivity index (χ2v) is 10.0. The molecule has 0 unspecified atom stereocenters. The number of primary amides is 1. The van der Waals surface area contributed by atoms with Gasteiger partial charge in [0, 0.05) is 24.3 Å². The number of anilines is 1. The Labute approximate surface area is 222 Å². The van der Waals surface area contributed by atoms with Crippen molar-refractivity contribution in [3.05, 3.63) is 52.9 Å². The molecular weight excluding hydrogens is 495 g/mol. The lowest BCUT2D eigenvalue weighted by molar-refractivity contribution is -0.114. The maximum absolute atomic E-state index is 14.4. The first kappa shape index (κ1) is 31.1. The minimum absolute atomic E-state index is 0.180. The van der Waals surface area contributed by atoms with Crippen molar-refractivity contribution < 1.29 is 38.5 Å². The minimum Gasteiger partial charge on any atom is -0.441 e. The number of hydrogen-bond donors (Lipinski definition) is 4. The van der Waals surface area contributed by atoms with Crippen molar-refractivity contribution in [1.82, 2.24) is 0 Å². The zero-order valence-corrected chi connectivity index (χ0v) is 22.5. The van der Waals surface area contributed by atoms with Crippen molar-refractivity contribution in [1.29, 1.82) is 0 Å². The Morgan fingerprint density at radius 3 is 2.50 bits per heavy atom. The third kappa shape index (κ3) is 8.47. The van der Waals surface area contributed by atoms with Gasteiger partial charge in [-0.2, -0.15) is 0 Å². The monoisotopic (exact) mass is 534 g/mol. The molecule has 0 saturated heterocycles. The molecule has 0 aliphatic carbocycles. The quantitative estimate of drug-likeness (QED) is 0.340. The number of halogens is 1. The van der Waals surface area contributed by atoms with Gasteiger partial charge < -0.3 is 35.5 Å². The van der Waals surface area contributed by atoms with E-state index in [0.29, 0.717) is 23.9 Å². The Kier molecular flexibility index (Phi) is 11.6. The van der Waals surface area contributed by atoms with E-state index in [2.05, 4.69) is 5.32 Å².